The minimum absolute atomic E-state index is 0.251. The molecule has 0 aliphatic carbocycles. The Kier molecular flexibility index (Phi) is 7.51. The first-order valence-electron chi connectivity index (χ1n) is 15.8. The first-order chi connectivity index (χ1) is 23.4. The SMILES string of the molecule is Cn1cc(-c2ccnc(-n3ccn4c(cc5cc(F)ccc54)c3=O)c2CO)cc(Nc2ccc(N3CCN(C4COC4)CC3)cn2)c1=O. The fourth-order valence-corrected chi connectivity index (χ4v) is 6.65. The van der Waals surface area contributed by atoms with Gasteiger partial charge in [0.1, 0.15) is 28.7 Å². The van der Waals surface area contributed by atoms with Crippen molar-refractivity contribution in [1.29, 1.82) is 0 Å². The van der Waals surface area contributed by atoms with Gasteiger partial charge in [-0.3, -0.25) is 19.1 Å². The molecule has 1 aromatic carbocycles. The maximum Gasteiger partial charge on any atom is 0.280 e. The van der Waals surface area contributed by atoms with E-state index in [9.17, 15) is 19.1 Å². The van der Waals surface area contributed by atoms with Crippen LogP contribution in [0.2, 0.25) is 0 Å². The van der Waals surface area contributed by atoms with Gasteiger partial charge < -0.3 is 29.0 Å². The number of hydrogen-bond acceptors (Lipinski definition) is 9. The van der Waals surface area contributed by atoms with E-state index in [4.69, 9.17) is 4.74 Å². The van der Waals surface area contributed by atoms with E-state index in [-0.39, 0.29) is 22.8 Å². The van der Waals surface area contributed by atoms with Gasteiger partial charge >= 0.3 is 0 Å². The van der Waals surface area contributed by atoms with Crippen molar-refractivity contribution in [3.05, 3.63) is 112 Å². The van der Waals surface area contributed by atoms with Crippen LogP contribution in [0.1, 0.15) is 5.56 Å². The number of aryl methyl sites for hydroxylation is 1. The molecular weight excluding hydrogens is 615 g/mol. The Morgan fingerprint density at radius 1 is 0.958 bits per heavy atom. The standard InChI is InChI=1S/C35H33FN8O4/c1-40-18-23(15-29(34(40)46)39-32-5-3-25(17-38-32)41-8-10-42(11-9-41)26-20-48-21-26)27-6-7-37-33(28(27)19-45)44-13-12-43-30-4-2-24(36)14-22(30)16-31(43)35(44)47/h2-7,12-18,26,45H,8-11,19-21H2,1H3,(H,38,39). The summed E-state index contributed by atoms with van der Waals surface area (Å²) in [6.07, 6.45) is 8.34. The van der Waals surface area contributed by atoms with Gasteiger partial charge in [0.25, 0.3) is 11.1 Å². The highest BCUT2D eigenvalue weighted by molar-refractivity contribution is 5.87. The zero-order valence-corrected chi connectivity index (χ0v) is 26.2. The van der Waals surface area contributed by atoms with Crippen LogP contribution in [0.3, 0.4) is 0 Å². The van der Waals surface area contributed by atoms with E-state index >= 15 is 0 Å². The second kappa shape index (κ2) is 12.0. The summed E-state index contributed by atoms with van der Waals surface area (Å²) in [5.74, 6) is 0.385. The summed E-state index contributed by atoms with van der Waals surface area (Å²) in [6.45, 7) is 5.02. The summed E-state index contributed by atoms with van der Waals surface area (Å²) in [4.78, 5) is 40.8. The first-order valence-corrected chi connectivity index (χ1v) is 15.8. The normalized spacial score (nSPS) is 15.7. The number of halogens is 1. The lowest BCUT2D eigenvalue weighted by Crippen LogP contribution is -2.56. The van der Waals surface area contributed by atoms with Crippen molar-refractivity contribution in [2.24, 2.45) is 7.05 Å². The molecule has 2 aliphatic heterocycles. The monoisotopic (exact) mass is 648 g/mol. The van der Waals surface area contributed by atoms with Gasteiger partial charge in [0.15, 0.2) is 0 Å². The number of aliphatic hydroxyl groups excluding tert-OH is 1. The fraction of sp³-hybridized carbons (Fsp3) is 0.257. The van der Waals surface area contributed by atoms with Crippen LogP contribution in [0.25, 0.3) is 33.4 Å². The van der Waals surface area contributed by atoms with Crippen LogP contribution in [0, 0.1) is 5.82 Å². The van der Waals surface area contributed by atoms with Crippen LogP contribution in [0.4, 0.5) is 21.6 Å². The lowest BCUT2D eigenvalue weighted by molar-refractivity contribution is -0.0660. The van der Waals surface area contributed by atoms with Crippen molar-refractivity contribution in [2.75, 3.05) is 49.6 Å². The molecule has 48 heavy (non-hydrogen) atoms. The summed E-state index contributed by atoms with van der Waals surface area (Å²) in [5.41, 5.74) is 3.39. The molecule has 244 valence electrons. The van der Waals surface area contributed by atoms with Gasteiger partial charge in [0.2, 0.25) is 0 Å². The van der Waals surface area contributed by atoms with E-state index in [1.165, 1.54) is 21.3 Å². The second-order valence-electron chi connectivity index (χ2n) is 12.2. The minimum Gasteiger partial charge on any atom is -0.392 e. The van der Waals surface area contributed by atoms with E-state index in [0.29, 0.717) is 50.7 Å². The summed E-state index contributed by atoms with van der Waals surface area (Å²) >= 11 is 0. The van der Waals surface area contributed by atoms with E-state index < -0.39 is 6.61 Å². The van der Waals surface area contributed by atoms with Gasteiger partial charge in [-0.05, 0) is 54.1 Å². The lowest BCUT2D eigenvalue weighted by atomic mass is 10.0. The number of nitrogens with zero attached hydrogens (tertiary/aromatic N) is 7. The third-order valence-electron chi connectivity index (χ3n) is 9.34. The molecule has 0 radical (unpaired) electrons. The molecule has 0 amide bonds. The van der Waals surface area contributed by atoms with Crippen molar-refractivity contribution in [3.8, 4) is 16.9 Å². The molecule has 0 spiro atoms. The Morgan fingerprint density at radius 2 is 1.79 bits per heavy atom. The zero-order valence-electron chi connectivity index (χ0n) is 26.2. The highest BCUT2D eigenvalue weighted by atomic mass is 19.1. The van der Waals surface area contributed by atoms with Gasteiger partial charge in [0, 0.05) is 74.5 Å². The molecule has 13 heteroatoms. The average Bonchev–Trinajstić information content (AvgIpc) is 3.45. The number of benzene rings is 1. The Morgan fingerprint density at radius 3 is 2.52 bits per heavy atom. The maximum absolute atomic E-state index is 13.9. The number of pyridine rings is 3. The molecule has 8 rings (SSSR count). The number of aliphatic hydroxyl groups is 1. The van der Waals surface area contributed by atoms with E-state index in [0.717, 1.165) is 45.1 Å². The predicted octanol–water partition coefficient (Wildman–Crippen LogP) is 3.29. The van der Waals surface area contributed by atoms with Crippen LogP contribution >= 0.6 is 0 Å². The lowest BCUT2D eigenvalue weighted by Gasteiger charge is -2.43. The largest absolute Gasteiger partial charge is 0.392 e. The number of hydrogen-bond donors (Lipinski definition) is 2. The van der Waals surface area contributed by atoms with Crippen molar-refractivity contribution >= 4 is 33.6 Å². The number of anilines is 3. The zero-order chi connectivity index (χ0) is 32.9. The average molecular weight is 649 g/mol. The molecule has 0 bridgehead atoms. The molecule has 2 saturated heterocycles. The van der Waals surface area contributed by atoms with E-state index in [1.807, 2.05) is 18.3 Å². The molecule has 6 aromatic rings. The van der Waals surface area contributed by atoms with Gasteiger partial charge in [-0.1, -0.05) is 0 Å². The molecule has 12 nitrogen and oxygen atoms in total. The second-order valence-corrected chi connectivity index (χ2v) is 12.2. The Labute approximate surface area is 273 Å². The molecular formula is C35H33FN8O4. The number of aromatic nitrogens is 5. The number of fused-ring (bicyclic) bond motifs is 3. The summed E-state index contributed by atoms with van der Waals surface area (Å²) < 4.78 is 23.8. The molecule has 0 atom stereocenters. The molecule has 0 unspecified atom stereocenters. The summed E-state index contributed by atoms with van der Waals surface area (Å²) in [5, 5.41) is 14.4. The molecule has 0 saturated carbocycles. The Bertz CT molecular complexity index is 2290. The first kappa shape index (κ1) is 30.0. The molecule has 2 N–H and O–H groups in total. The van der Waals surface area contributed by atoms with Crippen LogP contribution in [-0.2, 0) is 18.4 Å². The number of ether oxygens (including phenoxy) is 1. The van der Waals surface area contributed by atoms with Crippen LogP contribution in [-0.4, -0.2) is 78.9 Å². The number of rotatable bonds is 7. The van der Waals surface area contributed by atoms with E-state index in [1.54, 1.807) is 60.5 Å². The Balaban J connectivity index is 1.09. The topological polar surface area (TPSA) is 122 Å². The maximum atomic E-state index is 13.9. The molecule has 7 heterocycles. The minimum atomic E-state index is -0.415. The van der Waals surface area contributed by atoms with Crippen molar-refractivity contribution in [2.45, 2.75) is 12.6 Å². The molecule has 2 aliphatic rings. The molecule has 5 aromatic heterocycles. The van der Waals surface area contributed by atoms with Gasteiger partial charge in [-0.2, -0.15) is 0 Å². The number of nitrogens with one attached hydrogen (secondary N) is 1. The van der Waals surface area contributed by atoms with Crippen LogP contribution in [0.5, 0.6) is 0 Å². The van der Waals surface area contributed by atoms with Crippen LogP contribution < -0.4 is 21.3 Å². The molecule has 2 fully saturated rings. The third kappa shape index (κ3) is 5.21. The van der Waals surface area contributed by atoms with Crippen LogP contribution in [0.15, 0.2) is 89.1 Å². The van der Waals surface area contributed by atoms with Gasteiger partial charge in [-0.15, -0.1) is 0 Å². The smallest absolute Gasteiger partial charge is 0.280 e. The highest BCUT2D eigenvalue weighted by Crippen LogP contribution is 2.29. The predicted molar refractivity (Wildman–Crippen MR) is 181 cm³/mol. The summed E-state index contributed by atoms with van der Waals surface area (Å²) in [7, 11) is 1.65. The highest BCUT2D eigenvalue weighted by Gasteiger charge is 2.29. The fourth-order valence-electron chi connectivity index (χ4n) is 6.65. The summed E-state index contributed by atoms with van der Waals surface area (Å²) in [6, 6.07) is 13.8. The van der Waals surface area contributed by atoms with Crippen molar-refractivity contribution in [1.82, 2.24) is 28.4 Å². The van der Waals surface area contributed by atoms with Gasteiger partial charge in [0.05, 0.1) is 43.3 Å². The van der Waals surface area contributed by atoms with E-state index in [2.05, 4.69) is 25.1 Å². The number of piperazine rings is 1. The van der Waals surface area contributed by atoms with Crippen molar-refractivity contribution < 1.29 is 14.2 Å². The Hall–Kier alpha value is -5.37. The van der Waals surface area contributed by atoms with Gasteiger partial charge in [-0.25, -0.2) is 14.4 Å². The third-order valence-corrected chi connectivity index (χ3v) is 9.34. The quantitative estimate of drug-likeness (QED) is 0.269. The van der Waals surface area contributed by atoms with Crippen molar-refractivity contribution in [3.63, 3.8) is 0 Å².